The van der Waals surface area contributed by atoms with Gasteiger partial charge in [0.15, 0.2) is 0 Å². The first-order valence-corrected chi connectivity index (χ1v) is 10.0. The summed E-state index contributed by atoms with van der Waals surface area (Å²) >= 11 is 0. The molecule has 2 heterocycles. The van der Waals surface area contributed by atoms with E-state index in [0.717, 1.165) is 54.8 Å². The van der Waals surface area contributed by atoms with Crippen LogP contribution in [0.25, 0.3) is 10.9 Å². The first-order chi connectivity index (χ1) is 13.6. The molecule has 2 N–H and O–H groups in total. The standard InChI is InChI=1S/C23H28N4O/c1-3-17-4-9-22-18(14-17)15-19(23(28)25-22)16-24-20-5-7-21(8-6-20)27-12-10-26(2)11-13-27/h4-9,14-15,24H,3,10-13,16H2,1-2H3,(H,25,28). The number of anilines is 2. The van der Waals surface area contributed by atoms with Crippen LogP contribution in [0.5, 0.6) is 0 Å². The van der Waals surface area contributed by atoms with Crippen LogP contribution in [0, 0.1) is 0 Å². The number of hydrogen-bond donors (Lipinski definition) is 2. The smallest absolute Gasteiger partial charge is 0.253 e. The van der Waals surface area contributed by atoms with Crippen LogP contribution in [-0.2, 0) is 13.0 Å². The van der Waals surface area contributed by atoms with Crippen LogP contribution in [0.2, 0.25) is 0 Å². The van der Waals surface area contributed by atoms with E-state index in [1.807, 2.05) is 12.1 Å². The molecule has 1 aliphatic heterocycles. The lowest BCUT2D eigenvalue weighted by Crippen LogP contribution is -2.44. The molecule has 4 rings (SSSR count). The first-order valence-electron chi connectivity index (χ1n) is 10.0. The van der Waals surface area contributed by atoms with Crippen molar-refractivity contribution in [2.45, 2.75) is 19.9 Å². The SMILES string of the molecule is CCc1ccc2[nH]c(=O)c(CNc3ccc(N4CCN(C)CC4)cc3)cc2c1. The van der Waals surface area contributed by atoms with E-state index < -0.39 is 0 Å². The van der Waals surface area contributed by atoms with Gasteiger partial charge in [0.05, 0.1) is 0 Å². The molecule has 5 heteroatoms. The number of aryl methyl sites for hydroxylation is 1. The van der Waals surface area contributed by atoms with E-state index in [1.165, 1.54) is 11.3 Å². The van der Waals surface area contributed by atoms with Crippen LogP contribution in [-0.4, -0.2) is 43.1 Å². The zero-order valence-corrected chi connectivity index (χ0v) is 16.7. The molecule has 0 spiro atoms. The van der Waals surface area contributed by atoms with E-state index in [4.69, 9.17) is 0 Å². The van der Waals surface area contributed by atoms with Gasteiger partial charge >= 0.3 is 0 Å². The lowest BCUT2D eigenvalue weighted by atomic mass is 10.1. The highest BCUT2D eigenvalue weighted by Crippen LogP contribution is 2.20. The van der Waals surface area contributed by atoms with Crippen LogP contribution in [0.15, 0.2) is 53.3 Å². The quantitative estimate of drug-likeness (QED) is 0.716. The molecule has 0 unspecified atom stereocenters. The van der Waals surface area contributed by atoms with Gasteiger partial charge in [0, 0.05) is 55.2 Å². The average molecular weight is 377 g/mol. The lowest BCUT2D eigenvalue weighted by molar-refractivity contribution is 0.313. The number of nitrogens with one attached hydrogen (secondary N) is 2. The number of fused-ring (bicyclic) bond motifs is 1. The molecule has 0 saturated carbocycles. The molecule has 1 aromatic heterocycles. The highest BCUT2D eigenvalue weighted by molar-refractivity contribution is 5.79. The molecule has 0 atom stereocenters. The summed E-state index contributed by atoms with van der Waals surface area (Å²) in [6.45, 7) is 6.98. The Morgan fingerprint density at radius 2 is 1.75 bits per heavy atom. The second kappa shape index (κ2) is 8.07. The summed E-state index contributed by atoms with van der Waals surface area (Å²) in [5.41, 5.74) is 5.18. The van der Waals surface area contributed by atoms with Crippen molar-refractivity contribution in [3.8, 4) is 0 Å². The molecule has 1 fully saturated rings. The predicted octanol–water partition coefficient (Wildman–Crippen LogP) is 3.45. The third-order valence-electron chi connectivity index (χ3n) is 5.61. The molecule has 0 amide bonds. The van der Waals surface area contributed by atoms with Gasteiger partial charge in [0.1, 0.15) is 0 Å². The van der Waals surface area contributed by atoms with Crippen LogP contribution < -0.4 is 15.8 Å². The van der Waals surface area contributed by atoms with Crippen molar-refractivity contribution in [2.75, 3.05) is 43.4 Å². The van der Waals surface area contributed by atoms with Gasteiger partial charge in [0.2, 0.25) is 0 Å². The normalized spacial score (nSPS) is 15.1. The Morgan fingerprint density at radius 1 is 1.00 bits per heavy atom. The van der Waals surface area contributed by atoms with Gasteiger partial charge in [0.25, 0.3) is 5.56 Å². The first kappa shape index (κ1) is 18.6. The molecule has 28 heavy (non-hydrogen) atoms. The van der Waals surface area contributed by atoms with Gasteiger partial charge < -0.3 is 20.1 Å². The van der Waals surface area contributed by atoms with Crippen molar-refractivity contribution in [1.29, 1.82) is 0 Å². The fourth-order valence-corrected chi connectivity index (χ4v) is 3.70. The Balaban J connectivity index is 1.45. The Kier molecular flexibility index (Phi) is 5.35. The van der Waals surface area contributed by atoms with Crippen molar-refractivity contribution >= 4 is 22.3 Å². The van der Waals surface area contributed by atoms with E-state index in [9.17, 15) is 4.79 Å². The topological polar surface area (TPSA) is 51.4 Å². The second-order valence-corrected chi connectivity index (χ2v) is 7.59. The number of pyridine rings is 1. The van der Waals surface area contributed by atoms with Crippen molar-refractivity contribution in [1.82, 2.24) is 9.88 Å². The van der Waals surface area contributed by atoms with Gasteiger partial charge in [-0.3, -0.25) is 4.79 Å². The van der Waals surface area contributed by atoms with Gasteiger partial charge in [-0.2, -0.15) is 0 Å². The van der Waals surface area contributed by atoms with E-state index in [1.54, 1.807) is 0 Å². The number of aromatic amines is 1. The summed E-state index contributed by atoms with van der Waals surface area (Å²) in [7, 11) is 2.17. The maximum atomic E-state index is 12.4. The molecule has 5 nitrogen and oxygen atoms in total. The molecule has 0 radical (unpaired) electrons. The Morgan fingerprint density at radius 3 is 2.46 bits per heavy atom. The number of hydrogen-bond acceptors (Lipinski definition) is 4. The minimum atomic E-state index is -0.0293. The molecule has 0 aliphatic carbocycles. The summed E-state index contributed by atoms with van der Waals surface area (Å²) in [5.74, 6) is 0. The van der Waals surface area contributed by atoms with Crippen LogP contribution >= 0.6 is 0 Å². The Labute approximate surface area is 166 Å². The number of H-pyrrole nitrogens is 1. The van der Waals surface area contributed by atoms with E-state index in [0.29, 0.717) is 6.54 Å². The Hall–Kier alpha value is -2.79. The van der Waals surface area contributed by atoms with E-state index in [-0.39, 0.29) is 5.56 Å². The summed E-state index contributed by atoms with van der Waals surface area (Å²) < 4.78 is 0. The maximum absolute atomic E-state index is 12.4. The summed E-state index contributed by atoms with van der Waals surface area (Å²) in [4.78, 5) is 20.2. The second-order valence-electron chi connectivity index (χ2n) is 7.59. The number of piperazine rings is 1. The van der Waals surface area contributed by atoms with Crippen molar-refractivity contribution in [3.05, 3.63) is 70.0 Å². The zero-order valence-electron chi connectivity index (χ0n) is 16.7. The summed E-state index contributed by atoms with van der Waals surface area (Å²) in [6, 6.07) is 16.7. The van der Waals surface area contributed by atoms with Gasteiger partial charge in [-0.25, -0.2) is 0 Å². The minimum Gasteiger partial charge on any atom is -0.381 e. The third kappa shape index (κ3) is 4.04. The molecular weight excluding hydrogens is 348 g/mol. The number of likely N-dealkylation sites (N-methyl/N-ethyl adjacent to an activating group) is 1. The number of benzene rings is 2. The number of aromatic nitrogens is 1. The maximum Gasteiger partial charge on any atom is 0.253 e. The molecule has 0 bridgehead atoms. The van der Waals surface area contributed by atoms with Gasteiger partial charge in [-0.1, -0.05) is 13.0 Å². The molecule has 146 valence electrons. The summed E-state index contributed by atoms with van der Waals surface area (Å²) in [6.07, 6.45) is 0.988. The molecular formula is C23H28N4O. The Bertz CT molecular complexity index is 1000. The fraction of sp³-hybridized carbons (Fsp3) is 0.348. The van der Waals surface area contributed by atoms with Crippen molar-refractivity contribution < 1.29 is 0 Å². The predicted molar refractivity (Wildman–Crippen MR) is 117 cm³/mol. The monoisotopic (exact) mass is 376 g/mol. The van der Waals surface area contributed by atoms with Crippen molar-refractivity contribution in [3.63, 3.8) is 0 Å². The molecule has 2 aromatic carbocycles. The molecule has 1 aliphatic rings. The fourth-order valence-electron chi connectivity index (χ4n) is 3.70. The van der Waals surface area contributed by atoms with Crippen LogP contribution in [0.4, 0.5) is 11.4 Å². The average Bonchev–Trinajstić information content (AvgIpc) is 2.73. The highest BCUT2D eigenvalue weighted by atomic mass is 16.1. The molecule has 1 saturated heterocycles. The van der Waals surface area contributed by atoms with E-state index >= 15 is 0 Å². The highest BCUT2D eigenvalue weighted by Gasteiger charge is 2.14. The number of nitrogens with zero attached hydrogens (tertiary/aromatic N) is 2. The largest absolute Gasteiger partial charge is 0.381 e. The zero-order chi connectivity index (χ0) is 19.5. The lowest BCUT2D eigenvalue weighted by Gasteiger charge is -2.34. The van der Waals surface area contributed by atoms with Gasteiger partial charge in [-0.15, -0.1) is 0 Å². The number of rotatable bonds is 5. The van der Waals surface area contributed by atoms with Crippen molar-refractivity contribution in [2.24, 2.45) is 0 Å². The minimum absolute atomic E-state index is 0.0293. The third-order valence-corrected chi connectivity index (χ3v) is 5.61. The van der Waals surface area contributed by atoms with Crippen LogP contribution in [0.1, 0.15) is 18.1 Å². The van der Waals surface area contributed by atoms with Gasteiger partial charge in [-0.05, 0) is 66.9 Å². The summed E-state index contributed by atoms with van der Waals surface area (Å²) in [5, 5.41) is 4.47. The van der Waals surface area contributed by atoms with E-state index in [2.05, 4.69) is 70.5 Å². The molecule has 3 aromatic rings. The van der Waals surface area contributed by atoms with Crippen LogP contribution in [0.3, 0.4) is 0 Å².